The molecule has 1 saturated heterocycles. The van der Waals surface area contributed by atoms with Crippen LogP contribution in [0, 0.1) is 6.92 Å². The van der Waals surface area contributed by atoms with Crippen LogP contribution in [0.2, 0.25) is 0 Å². The van der Waals surface area contributed by atoms with Crippen molar-refractivity contribution in [2.45, 2.75) is 39.3 Å². The van der Waals surface area contributed by atoms with Crippen LogP contribution in [0.4, 0.5) is 0 Å². The average molecular weight is 280 g/mol. The van der Waals surface area contributed by atoms with E-state index in [2.05, 4.69) is 5.32 Å². The Hall–Kier alpha value is -1.69. The number of hydrogen-bond acceptors (Lipinski definition) is 4. The van der Waals surface area contributed by atoms with E-state index in [1.165, 1.54) is 16.2 Å². The number of likely N-dealkylation sites (tertiary alicyclic amines) is 1. The first kappa shape index (κ1) is 13.7. The number of nitrogens with zero attached hydrogens (tertiary/aromatic N) is 1. The number of imide groups is 1. The first-order valence-corrected chi connectivity index (χ1v) is 7.05. The predicted octanol–water partition coefficient (Wildman–Crippen LogP) is 1.32. The monoisotopic (exact) mass is 280 g/mol. The lowest BCUT2D eigenvalue weighted by atomic mass is 10.2. The molecule has 1 atom stereocenters. The molecule has 1 fully saturated rings. The van der Waals surface area contributed by atoms with Crippen LogP contribution in [0.1, 0.15) is 36.2 Å². The van der Waals surface area contributed by atoms with Crippen molar-refractivity contribution >= 4 is 29.1 Å². The van der Waals surface area contributed by atoms with Crippen LogP contribution in [-0.2, 0) is 9.59 Å². The Morgan fingerprint density at radius 2 is 2.11 bits per heavy atom. The Morgan fingerprint density at radius 1 is 1.42 bits per heavy atom. The van der Waals surface area contributed by atoms with Gasteiger partial charge in [-0.3, -0.25) is 19.3 Å². The van der Waals surface area contributed by atoms with Gasteiger partial charge in [-0.1, -0.05) is 0 Å². The van der Waals surface area contributed by atoms with E-state index in [0.717, 1.165) is 5.56 Å². The van der Waals surface area contributed by atoms with Gasteiger partial charge in [-0.05, 0) is 31.7 Å². The molecule has 6 heteroatoms. The molecule has 3 amide bonds. The fourth-order valence-electron chi connectivity index (χ4n) is 2.14. The van der Waals surface area contributed by atoms with Gasteiger partial charge in [0.1, 0.15) is 6.04 Å². The number of rotatable bonds is 3. The molecule has 0 spiro atoms. The maximum atomic E-state index is 12.0. The quantitative estimate of drug-likeness (QED) is 0.849. The molecule has 19 heavy (non-hydrogen) atoms. The average Bonchev–Trinajstić information content (AvgIpc) is 2.84. The number of thiophene rings is 1. The highest BCUT2D eigenvalue weighted by Gasteiger charge is 2.40. The van der Waals surface area contributed by atoms with E-state index >= 15 is 0 Å². The first-order valence-electron chi connectivity index (χ1n) is 6.11. The third kappa shape index (κ3) is 2.53. The van der Waals surface area contributed by atoms with E-state index in [-0.39, 0.29) is 30.2 Å². The molecular weight excluding hydrogens is 264 g/mol. The molecule has 5 nitrogen and oxygen atoms in total. The van der Waals surface area contributed by atoms with Crippen LogP contribution < -0.4 is 5.32 Å². The van der Waals surface area contributed by atoms with Crippen molar-refractivity contribution in [1.82, 2.24) is 10.2 Å². The number of amides is 3. The van der Waals surface area contributed by atoms with Gasteiger partial charge >= 0.3 is 0 Å². The smallest absolute Gasteiger partial charge is 0.253 e. The van der Waals surface area contributed by atoms with Gasteiger partial charge in [0.25, 0.3) is 11.8 Å². The van der Waals surface area contributed by atoms with Gasteiger partial charge in [0.15, 0.2) is 0 Å². The van der Waals surface area contributed by atoms with Crippen molar-refractivity contribution in [1.29, 1.82) is 0 Å². The Bertz CT molecular complexity index is 536. The van der Waals surface area contributed by atoms with E-state index in [1.54, 1.807) is 19.2 Å². The second-order valence-electron chi connectivity index (χ2n) is 4.89. The number of aryl methyl sites for hydroxylation is 1. The van der Waals surface area contributed by atoms with Gasteiger partial charge in [0, 0.05) is 11.4 Å². The second kappa shape index (κ2) is 5.13. The topological polar surface area (TPSA) is 66.5 Å². The summed E-state index contributed by atoms with van der Waals surface area (Å²) >= 11 is 1.44. The van der Waals surface area contributed by atoms with Crippen LogP contribution in [-0.4, -0.2) is 34.7 Å². The molecule has 0 radical (unpaired) electrons. The summed E-state index contributed by atoms with van der Waals surface area (Å²) in [5.74, 6) is -0.843. The highest BCUT2D eigenvalue weighted by molar-refractivity contribution is 7.08. The SMILES string of the molecule is Cc1cscc1C(=O)N[C@@H]1CC(=O)N(C(C)C)C1=O. The zero-order valence-electron chi connectivity index (χ0n) is 11.1. The predicted molar refractivity (Wildman–Crippen MR) is 71.9 cm³/mol. The molecule has 1 aliphatic heterocycles. The fourth-order valence-corrected chi connectivity index (χ4v) is 2.96. The molecular formula is C13H16N2O3S. The van der Waals surface area contributed by atoms with Crippen molar-refractivity contribution < 1.29 is 14.4 Å². The maximum absolute atomic E-state index is 12.0. The lowest BCUT2D eigenvalue weighted by Gasteiger charge is -2.19. The molecule has 2 heterocycles. The highest BCUT2D eigenvalue weighted by Crippen LogP contribution is 2.18. The van der Waals surface area contributed by atoms with Crippen molar-refractivity contribution in [2.75, 3.05) is 0 Å². The van der Waals surface area contributed by atoms with Gasteiger partial charge in [-0.2, -0.15) is 11.3 Å². The summed E-state index contributed by atoms with van der Waals surface area (Å²) in [6, 6.07) is -0.911. The lowest BCUT2D eigenvalue weighted by Crippen LogP contribution is -2.43. The van der Waals surface area contributed by atoms with Crippen molar-refractivity contribution in [3.63, 3.8) is 0 Å². The third-order valence-corrected chi connectivity index (χ3v) is 3.97. The van der Waals surface area contributed by atoms with Gasteiger partial charge in [-0.15, -0.1) is 0 Å². The molecule has 0 bridgehead atoms. The molecule has 0 aliphatic carbocycles. The highest BCUT2D eigenvalue weighted by atomic mass is 32.1. The van der Waals surface area contributed by atoms with E-state index in [9.17, 15) is 14.4 Å². The lowest BCUT2D eigenvalue weighted by molar-refractivity contribution is -0.140. The summed E-state index contributed by atoms with van der Waals surface area (Å²) in [6.07, 6.45) is 0.0476. The molecule has 1 aromatic heterocycles. The first-order chi connectivity index (χ1) is 8.91. The second-order valence-corrected chi connectivity index (χ2v) is 5.64. The van der Waals surface area contributed by atoms with Crippen molar-refractivity contribution in [3.8, 4) is 0 Å². The zero-order valence-corrected chi connectivity index (χ0v) is 11.9. The molecule has 1 aromatic rings. The van der Waals surface area contributed by atoms with Crippen LogP contribution >= 0.6 is 11.3 Å². The van der Waals surface area contributed by atoms with E-state index < -0.39 is 6.04 Å². The van der Waals surface area contributed by atoms with E-state index in [4.69, 9.17) is 0 Å². The normalized spacial score (nSPS) is 19.4. The Labute approximate surface area is 115 Å². The molecule has 1 aliphatic rings. The van der Waals surface area contributed by atoms with Gasteiger partial charge in [0.2, 0.25) is 5.91 Å². The fraction of sp³-hybridized carbons (Fsp3) is 0.462. The molecule has 102 valence electrons. The number of hydrogen-bond donors (Lipinski definition) is 1. The molecule has 0 aromatic carbocycles. The minimum absolute atomic E-state index is 0.0476. The van der Waals surface area contributed by atoms with Gasteiger partial charge in [-0.25, -0.2) is 0 Å². The van der Waals surface area contributed by atoms with Crippen molar-refractivity contribution in [3.05, 3.63) is 21.9 Å². The standard InChI is InChI=1S/C13H16N2O3S/c1-7(2)15-11(16)4-10(13(15)18)14-12(17)9-6-19-5-8(9)3/h5-7,10H,4H2,1-3H3,(H,14,17)/t10-/m1/s1. The summed E-state index contributed by atoms with van der Waals surface area (Å²) in [7, 11) is 0. The van der Waals surface area contributed by atoms with Crippen LogP contribution in [0.5, 0.6) is 0 Å². The summed E-state index contributed by atoms with van der Waals surface area (Å²) in [5, 5.41) is 6.26. The summed E-state index contributed by atoms with van der Waals surface area (Å²) in [6.45, 7) is 5.40. The molecule has 0 saturated carbocycles. The van der Waals surface area contributed by atoms with Crippen molar-refractivity contribution in [2.24, 2.45) is 0 Å². The molecule has 1 N–H and O–H groups in total. The Kier molecular flexibility index (Phi) is 3.71. The molecule has 2 rings (SSSR count). The minimum Gasteiger partial charge on any atom is -0.340 e. The summed E-state index contributed by atoms with van der Waals surface area (Å²) in [5.41, 5.74) is 1.44. The summed E-state index contributed by atoms with van der Waals surface area (Å²) < 4.78 is 0. The Balaban J connectivity index is 2.09. The third-order valence-electron chi connectivity index (χ3n) is 3.10. The van der Waals surface area contributed by atoms with Crippen LogP contribution in [0.25, 0.3) is 0 Å². The van der Waals surface area contributed by atoms with E-state index in [0.29, 0.717) is 5.56 Å². The van der Waals surface area contributed by atoms with Crippen LogP contribution in [0.15, 0.2) is 10.8 Å². The number of carbonyl (C=O) groups excluding carboxylic acids is 3. The minimum atomic E-state index is -0.735. The van der Waals surface area contributed by atoms with Gasteiger partial charge in [0.05, 0.1) is 12.0 Å². The maximum Gasteiger partial charge on any atom is 0.253 e. The van der Waals surface area contributed by atoms with E-state index in [1.807, 2.05) is 12.3 Å². The Morgan fingerprint density at radius 3 is 2.58 bits per heavy atom. The summed E-state index contributed by atoms with van der Waals surface area (Å²) in [4.78, 5) is 37.0. The van der Waals surface area contributed by atoms with Gasteiger partial charge < -0.3 is 5.32 Å². The zero-order chi connectivity index (χ0) is 14.2. The molecule has 0 unspecified atom stereocenters. The number of nitrogens with one attached hydrogen (secondary N) is 1. The largest absolute Gasteiger partial charge is 0.340 e. The number of carbonyl (C=O) groups is 3. The van der Waals surface area contributed by atoms with Crippen LogP contribution in [0.3, 0.4) is 0 Å².